The second-order valence-corrected chi connectivity index (χ2v) is 26.3. The van der Waals surface area contributed by atoms with Gasteiger partial charge in [-0.1, -0.05) is 352 Å². The molecule has 0 fully saturated rings. The van der Waals surface area contributed by atoms with Crippen molar-refractivity contribution in [3.05, 3.63) is 413 Å². The van der Waals surface area contributed by atoms with Crippen molar-refractivity contribution in [1.29, 1.82) is 0 Å². The van der Waals surface area contributed by atoms with Crippen LogP contribution in [-0.4, -0.2) is 0 Å². The van der Waals surface area contributed by atoms with Gasteiger partial charge in [0.2, 0.25) is 0 Å². The third kappa shape index (κ3) is 11.4. The van der Waals surface area contributed by atoms with Crippen LogP contribution in [0.3, 0.4) is 0 Å². The second kappa shape index (κ2) is 26.8. The molecule has 0 saturated heterocycles. The molecule has 0 unspecified atom stereocenters. The standard InChI is InChI=1S/C100H68N2/c1-7-29-69(30-8-1)72-53-55-73(56-54-72)74-57-60-84(61-58-74)102(96-52-26-25-45-87(96)75-35-13-4-14-36-75)100-94-51-24-21-48-90(94)91-62-59-81(68-95(91)98(100)77-39-17-6-18-40-77)78-41-27-42-79(63-78)83-64-82(71-33-11-3-12-34-71)66-86(67-83)101(85-44-28-43-80(65-85)70-31-9-2-10-32-70)99-93-50-23-20-47-89(93)88-46-19-22-49-92(88)97(99)76-37-15-5-16-38-76/h1-68H. The molecule has 0 heterocycles. The highest BCUT2D eigenvalue weighted by molar-refractivity contribution is 6.25. The van der Waals surface area contributed by atoms with Crippen LogP contribution in [0.4, 0.5) is 34.1 Å². The number of hydrogen-bond donors (Lipinski definition) is 0. The highest BCUT2D eigenvalue weighted by Gasteiger charge is 2.28. The minimum absolute atomic E-state index is 1.04. The number of para-hydroxylation sites is 1. The fourth-order valence-electron chi connectivity index (χ4n) is 15.4. The van der Waals surface area contributed by atoms with Crippen LogP contribution in [0.5, 0.6) is 0 Å². The van der Waals surface area contributed by atoms with Crippen LogP contribution in [0, 0.1) is 0 Å². The van der Waals surface area contributed by atoms with E-state index in [1.54, 1.807) is 0 Å². The highest BCUT2D eigenvalue weighted by atomic mass is 15.2. The van der Waals surface area contributed by atoms with Gasteiger partial charge in [0.15, 0.2) is 0 Å². The average molecular weight is 1300 g/mol. The molecule has 0 spiro atoms. The van der Waals surface area contributed by atoms with Crippen LogP contribution in [-0.2, 0) is 0 Å². The number of rotatable bonds is 15. The molecular weight excluding hydrogens is 1230 g/mol. The minimum atomic E-state index is 1.04. The van der Waals surface area contributed by atoms with Gasteiger partial charge < -0.3 is 9.80 Å². The summed E-state index contributed by atoms with van der Waals surface area (Å²) in [5, 5.41) is 9.46. The zero-order chi connectivity index (χ0) is 67.7. The van der Waals surface area contributed by atoms with Crippen molar-refractivity contribution in [3.8, 4) is 100 Å². The normalized spacial score (nSPS) is 11.3. The molecule has 18 aromatic carbocycles. The molecule has 0 bridgehead atoms. The second-order valence-electron chi connectivity index (χ2n) is 26.3. The van der Waals surface area contributed by atoms with Crippen molar-refractivity contribution in [2.24, 2.45) is 0 Å². The third-order valence-electron chi connectivity index (χ3n) is 20.2. The summed E-state index contributed by atoms with van der Waals surface area (Å²) in [6.07, 6.45) is 0. The van der Waals surface area contributed by atoms with Crippen LogP contribution < -0.4 is 9.80 Å². The predicted molar refractivity (Wildman–Crippen MR) is 435 cm³/mol. The van der Waals surface area contributed by atoms with Gasteiger partial charge >= 0.3 is 0 Å². The van der Waals surface area contributed by atoms with E-state index in [0.717, 1.165) is 123 Å². The topological polar surface area (TPSA) is 6.48 Å². The molecule has 2 heteroatoms. The van der Waals surface area contributed by atoms with Gasteiger partial charge in [0, 0.05) is 44.5 Å². The number of nitrogens with zero attached hydrogens (tertiary/aromatic N) is 2. The van der Waals surface area contributed by atoms with E-state index < -0.39 is 0 Å². The van der Waals surface area contributed by atoms with Crippen LogP contribution >= 0.6 is 0 Å². The molecule has 0 amide bonds. The molecule has 0 aliphatic rings. The molecule has 0 aliphatic carbocycles. The number of hydrogen-bond acceptors (Lipinski definition) is 2. The molecule has 0 aliphatic heterocycles. The van der Waals surface area contributed by atoms with Gasteiger partial charge in [0.25, 0.3) is 0 Å². The van der Waals surface area contributed by atoms with E-state index in [9.17, 15) is 0 Å². The van der Waals surface area contributed by atoms with Gasteiger partial charge in [-0.15, -0.1) is 0 Å². The first-order chi connectivity index (χ1) is 50.6. The van der Waals surface area contributed by atoms with Gasteiger partial charge in [-0.2, -0.15) is 0 Å². The average Bonchev–Trinajstić information content (AvgIpc) is 0.731. The van der Waals surface area contributed by atoms with E-state index in [2.05, 4.69) is 422 Å². The maximum atomic E-state index is 2.54. The lowest BCUT2D eigenvalue weighted by atomic mass is 9.87. The molecule has 102 heavy (non-hydrogen) atoms. The van der Waals surface area contributed by atoms with Crippen LogP contribution in [0.25, 0.3) is 143 Å². The molecular formula is C100H68N2. The Labute approximate surface area is 595 Å². The van der Waals surface area contributed by atoms with Gasteiger partial charge in [-0.05, 0) is 176 Å². The lowest BCUT2D eigenvalue weighted by molar-refractivity contribution is 1.30. The SMILES string of the molecule is c1ccc(-c2ccc(-c3ccc(N(c4ccccc4-c4ccccc4)c4c(-c5ccccc5)c5cc(-c6cccc(-c7cc(-c8ccccc8)cc(N(c8cccc(-c9ccccc9)c8)c8c(-c9ccccc9)c9ccccc9c9ccccc89)c7)c6)ccc5c5ccccc45)cc3)cc2)cc1. The Kier molecular flexibility index (Phi) is 16.0. The Morgan fingerprint density at radius 2 is 0.451 bits per heavy atom. The van der Waals surface area contributed by atoms with Crippen LogP contribution in [0.1, 0.15) is 0 Å². The monoisotopic (exact) mass is 1300 g/mol. The van der Waals surface area contributed by atoms with Gasteiger partial charge in [0.05, 0.1) is 17.1 Å². The maximum Gasteiger partial charge on any atom is 0.0625 e. The van der Waals surface area contributed by atoms with Crippen LogP contribution in [0.15, 0.2) is 413 Å². The fraction of sp³-hybridized carbons (Fsp3) is 0. The number of benzene rings is 18. The summed E-state index contributed by atoms with van der Waals surface area (Å²) < 4.78 is 0. The van der Waals surface area contributed by atoms with Crippen molar-refractivity contribution in [2.75, 3.05) is 9.80 Å². The molecule has 18 rings (SSSR count). The summed E-state index contributed by atoms with van der Waals surface area (Å²) in [5.74, 6) is 0. The van der Waals surface area contributed by atoms with Crippen molar-refractivity contribution in [3.63, 3.8) is 0 Å². The summed E-state index contributed by atoms with van der Waals surface area (Å²) in [4.78, 5) is 5.07. The zero-order valence-electron chi connectivity index (χ0n) is 56.2. The molecule has 0 N–H and O–H groups in total. The first-order valence-corrected chi connectivity index (χ1v) is 35.1. The van der Waals surface area contributed by atoms with Crippen molar-refractivity contribution in [1.82, 2.24) is 0 Å². The van der Waals surface area contributed by atoms with E-state index >= 15 is 0 Å². The van der Waals surface area contributed by atoms with Gasteiger partial charge in [-0.25, -0.2) is 0 Å². The first-order valence-electron chi connectivity index (χ1n) is 35.1. The highest BCUT2D eigenvalue weighted by Crippen LogP contribution is 2.54. The van der Waals surface area contributed by atoms with Gasteiger partial charge in [-0.3, -0.25) is 0 Å². The predicted octanol–water partition coefficient (Wildman–Crippen LogP) is 28.2. The van der Waals surface area contributed by atoms with E-state index in [1.165, 1.54) is 54.6 Å². The maximum absolute atomic E-state index is 2.54. The Morgan fingerprint density at radius 1 is 0.137 bits per heavy atom. The Hall–Kier alpha value is -13.4. The number of fused-ring (bicyclic) bond motifs is 6. The lowest BCUT2D eigenvalue weighted by Crippen LogP contribution is -2.13. The van der Waals surface area contributed by atoms with Gasteiger partial charge in [0.1, 0.15) is 0 Å². The third-order valence-corrected chi connectivity index (χ3v) is 20.2. The Morgan fingerprint density at radius 3 is 1.00 bits per heavy atom. The molecule has 0 saturated carbocycles. The Balaban J connectivity index is 0.843. The summed E-state index contributed by atoms with van der Waals surface area (Å²) in [5.41, 5.74) is 27.1. The smallest absolute Gasteiger partial charge is 0.0625 e. The molecule has 478 valence electrons. The summed E-state index contributed by atoms with van der Waals surface area (Å²) >= 11 is 0. The van der Waals surface area contributed by atoms with Crippen molar-refractivity contribution < 1.29 is 0 Å². The van der Waals surface area contributed by atoms with E-state index in [-0.39, 0.29) is 0 Å². The molecule has 18 aromatic rings. The Bertz CT molecular complexity index is 6070. The summed E-state index contributed by atoms with van der Waals surface area (Å²) in [6.45, 7) is 0. The van der Waals surface area contributed by atoms with Crippen molar-refractivity contribution in [2.45, 2.75) is 0 Å². The summed E-state index contributed by atoms with van der Waals surface area (Å²) in [6, 6.07) is 152. The molecule has 0 aromatic heterocycles. The number of anilines is 6. The molecule has 0 radical (unpaired) electrons. The zero-order valence-corrected chi connectivity index (χ0v) is 56.2. The first kappa shape index (κ1) is 61.0. The van der Waals surface area contributed by atoms with Crippen LogP contribution in [0.2, 0.25) is 0 Å². The molecule has 0 atom stereocenters. The lowest BCUT2D eigenvalue weighted by Gasteiger charge is -2.32. The van der Waals surface area contributed by atoms with E-state index in [0.29, 0.717) is 0 Å². The quantitative estimate of drug-likeness (QED) is 0.0944. The fourth-order valence-corrected chi connectivity index (χ4v) is 15.4. The summed E-state index contributed by atoms with van der Waals surface area (Å²) in [7, 11) is 0. The van der Waals surface area contributed by atoms with Crippen molar-refractivity contribution >= 4 is 77.2 Å². The van der Waals surface area contributed by atoms with E-state index in [1.807, 2.05) is 0 Å². The minimum Gasteiger partial charge on any atom is -0.309 e. The largest absolute Gasteiger partial charge is 0.309 e. The molecule has 2 nitrogen and oxygen atoms in total. The van der Waals surface area contributed by atoms with E-state index in [4.69, 9.17) is 0 Å².